The molecule has 1 atom stereocenters. The third-order valence-electron chi connectivity index (χ3n) is 5.54. The van der Waals surface area contributed by atoms with E-state index in [2.05, 4.69) is 10.6 Å². The molecule has 1 aromatic rings. The Bertz CT molecular complexity index is 937. The predicted molar refractivity (Wildman–Crippen MR) is 98.9 cm³/mol. The molecule has 2 fully saturated rings. The van der Waals surface area contributed by atoms with Gasteiger partial charge in [0.1, 0.15) is 6.04 Å². The molecule has 0 spiro atoms. The summed E-state index contributed by atoms with van der Waals surface area (Å²) in [6, 6.07) is 3.87. The van der Waals surface area contributed by atoms with E-state index in [1.807, 2.05) is 6.07 Å². The van der Waals surface area contributed by atoms with Crippen molar-refractivity contribution < 1.29 is 22.8 Å². The van der Waals surface area contributed by atoms with Gasteiger partial charge in [0.05, 0.1) is 11.3 Å². The Morgan fingerprint density at radius 3 is 2.46 bits per heavy atom. The molecule has 28 heavy (non-hydrogen) atoms. The first kappa shape index (κ1) is 18.9. The fourth-order valence-corrected chi connectivity index (χ4v) is 5.42. The number of imide groups is 1. The van der Waals surface area contributed by atoms with Crippen molar-refractivity contribution in [3.63, 3.8) is 0 Å². The number of carbonyl (C=O) groups excluding carboxylic acids is 3. The summed E-state index contributed by atoms with van der Waals surface area (Å²) >= 11 is 0. The van der Waals surface area contributed by atoms with Gasteiger partial charge in [-0.3, -0.25) is 14.9 Å². The molecule has 150 valence electrons. The highest BCUT2D eigenvalue weighted by atomic mass is 32.2. The van der Waals surface area contributed by atoms with Crippen molar-refractivity contribution in [1.29, 1.82) is 0 Å². The van der Waals surface area contributed by atoms with Gasteiger partial charge in [0, 0.05) is 26.2 Å². The number of amides is 4. The number of benzene rings is 1. The standard InChI is InChI=1S/C18H22N4O5S/c23-16(11-15-17(24)20-18(25)19-15)21-6-8-22(9-7-21)28(26,27)14-5-4-12-2-1-3-13(12)10-14/h4-5,10,15H,1-3,6-9,11H2,(H2,19,20,24,25)/t15-/m0/s1. The van der Waals surface area contributed by atoms with E-state index in [9.17, 15) is 22.8 Å². The Balaban J connectivity index is 1.37. The zero-order chi connectivity index (χ0) is 19.9. The summed E-state index contributed by atoms with van der Waals surface area (Å²) in [7, 11) is -3.60. The second-order valence-electron chi connectivity index (χ2n) is 7.29. The summed E-state index contributed by atoms with van der Waals surface area (Å²) < 4.78 is 27.3. The number of hydrogen-bond donors (Lipinski definition) is 2. The summed E-state index contributed by atoms with van der Waals surface area (Å²) in [5.74, 6) is -0.798. The van der Waals surface area contributed by atoms with Gasteiger partial charge in [-0.25, -0.2) is 13.2 Å². The molecule has 1 aromatic carbocycles. The summed E-state index contributed by atoms with van der Waals surface area (Å²) in [6.45, 7) is 0.916. The zero-order valence-corrected chi connectivity index (χ0v) is 16.1. The van der Waals surface area contributed by atoms with Crippen LogP contribution in [0.25, 0.3) is 0 Å². The first-order valence-corrected chi connectivity index (χ1v) is 10.8. The van der Waals surface area contributed by atoms with Crippen LogP contribution in [0.15, 0.2) is 23.1 Å². The first-order chi connectivity index (χ1) is 13.3. The van der Waals surface area contributed by atoms with Crippen LogP contribution in [-0.2, 0) is 32.5 Å². The smallest absolute Gasteiger partial charge is 0.322 e. The Kier molecular flexibility index (Phi) is 4.84. The molecule has 2 aliphatic heterocycles. The monoisotopic (exact) mass is 406 g/mol. The topological polar surface area (TPSA) is 116 Å². The van der Waals surface area contributed by atoms with Gasteiger partial charge < -0.3 is 10.2 Å². The van der Waals surface area contributed by atoms with Gasteiger partial charge in [-0.1, -0.05) is 6.07 Å². The lowest BCUT2D eigenvalue weighted by Gasteiger charge is -2.34. The van der Waals surface area contributed by atoms with Gasteiger partial charge in [0.2, 0.25) is 15.9 Å². The molecule has 4 rings (SSSR count). The third-order valence-corrected chi connectivity index (χ3v) is 7.43. The van der Waals surface area contributed by atoms with Crippen LogP contribution in [0, 0.1) is 0 Å². The van der Waals surface area contributed by atoms with Crippen molar-refractivity contribution in [2.24, 2.45) is 0 Å². The molecular formula is C18H22N4O5S. The minimum absolute atomic E-state index is 0.130. The molecule has 2 saturated heterocycles. The van der Waals surface area contributed by atoms with Gasteiger partial charge in [0.25, 0.3) is 5.91 Å². The SMILES string of the molecule is O=C1NC(=O)[C@H](CC(=O)N2CCN(S(=O)(=O)c3ccc4c(c3)CCC4)CC2)N1. The molecule has 1 aliphatic carbocycles. The Morgan fingerprint density at radius 1 is 1.07 bits per heavy atom. The molecule has 0 aromatic heterocycles. The fourth-order valence-electron chi connectivity index (χ4n) is 3.94. The number of nitrogens with zero attached hydrogens (tertiary/aromatic N) is 2. The summed E-state index contributed by atoms with van der Waals surface area (Å²) in [6.07, 6.45) is 2.83. The van der Waals surface area contributed by atoms with Gasteiger partial charge in [-0.05, 0) is 42.5 Å². The van der Waals surface area contributed by atoms with Crippen molar-refractivity contribution in [2.75, 3.05) is 26.2 Å². The maximum Gasteiger partial charge on any atom is 0.322 e. The lowest BCUT2D eigenvalue weighted by Crippen LogP contribution is -2.51. The van der Waals surface area contributed by atoms with Crippen LogP contribution in [0.1, 0.15) is 24.0 Å². The van der Waals surface area contributed by atoms with Gasteiger partial charge in [-0.15, -0.1) is 0 Å². The Hall–Kier alpha value is -2.46. The maximum absolute atomic E-state index is 12.9. The van der Waals surface area contributed by atoms with E-state index in [1.54, 1.807) is 12.1 Å². The number of rotatable bonds is 4. The minimum atomic E-state index is -3.60. The van der Waals surface area contributed by atoms with Crippen LogP contribution in [0.2, 0.25) is 0 Å². The second-order valence-corrected chi connectivity index (χ2v) is 9.23. The molecular weight excluding hydrogens is 384 g/mol. The maximum atomic E-state index is 12.9. The molecule has 0 bridgehead atoms. The van der Waals surface area contributed by atoms with Crippen molar-refractivity contribution >= 4 is 27.9 Å². The van der Waals surface area contributed by atoms with Crippen molar-refractivity contribution in [1.82, 2.24) is 19.8 Å². The normalized spacial score (nSPS) is 22.7. The summed E-state index contributed by atoms with van der Waals surface area (Å²) in [5, 5.41) is 4.49. The number of fused-ring (bicyclic) bond motifs is 1. The van der Waals surface area contributed by atoms with Crippen LogP contribution >= 0.6 is 0 Å². The van der Waals surface area contributed by atoms with Crippen molar-refractivity contribution in [3.8, 4) is 0 Å². The van der Waals surface area contributed by atoms with Crippen molar-refractivity contribution in [2.45, 2.75) is 36.6 Å². The van der Waals surface area contributed by atoms with E-state index in [4.69, 9.17) is 0 Å². The number of hydrogen-bond acceptors (Lipinski definition) is 5. The molecule has 4 amide bonds. The summed E-state index contributed by atoms with van der Waals surface area (Å²) in [5.41, 5.74) is 2.32. The van der Waals surface area contributed by atoms with Crippen LogP contribution in [0.4, 0.5) is 4.79 Å². The van der Waals surface area contributed by atoms with E-state index in [0.717, 1.165) is 24.8 Å². The summed E-state index contributed by atoms with van der Waals surface area (Å²) in [4.78, 5) is 36.9. The minimum Gasteiger partial charge on any atom is -0.340 e. The van der Waals surface area contributed by atoms with Gasteiger partial charge >= 0.3 is 6.03 Å². The molecule has 0 unspecified atom stereocenters. The Morgan fingerprint density at radius 2 is 1.79 bits per heavy atom. The van der Waals surface area contributed by atoms with Crippen LogP contribution < -0.4 is 10.6 Å². The van der Waals surface area contributed by atoms with Gasteiger partial charge in [-0.2, -0.15) is 4.31 Å². The highest BCUT2D eigenvalue weighted by Crippen LogP contribution is 2.26. The van der Waals surface area contributed by atoms with E-state index >= 15 is 0 Å². The molecule has 0 saturated carbocycles. The van der Waals surface area contributed by atoms with Crippen LogP contribution in [0.3, 0.4) is 0 Å². The van der Waals surface area contributed by atoms with Crippen LogP contribution in [-0.4, -0.2) is 67.7 Å². The molecule has 2 N–H and O–H groups in total. The number of carbonyl (C=O) groups is 3. The largest absolute Gasteiger partial charge is 0.340 e. The fraction of sp³-hybridized carbons (Fsp3) is 0.500. The first-order valence-electron chi connectivity index (χ1n) is 9.36. The Labute approximate surface area is 163 Å². The highest BCUT2D eigenvalue weighted by molar-refractivity contribution is 7.89. The lowest BCUT2D eigenvalue weighted by molar-refractivity contribution is -0.134. The average molecular weight is 406 g/mol. The number of aryl methyl sites for hydroxylation is 2. The lowest BCUT2D eigenvalue weighted by atomic mass is 10.1. The predicted octanol–water partition coefficient (Wildman–Crippen LogP) is -0.394. The molecule has 10 heteroatoms. The second kappa shape index (κ2) is 7.17. The number of piperazine rings is 1. The van der Waals surface area contributed by atoms with Crippen LogP contribution in [0.5, 0.6) is 0 Å². The average Bonchev–Trinajstić information content (AvgIpc) is 3.27. The van der Waals surface area contributed by atoms with Gasteiger partial charge in [0.15, 0.2) is 0 Å². The van der Waals surface area contributed by atoms with E-state index in [1.165, 1.54) is 14.8 Å². The van der Waals surface area contributed by atoms with E-state index < -0.39 is 28.0 Å². The van der Waals surface area contributed by atoms with E-state index in [-0.39, 0.29) is 38.5 Å². The molecule has 2 heterocycles. The molecule has 0 radical (unpaired) electrons. The number of sulfonamides is 1. The third kappa shape index (κ3) is 3.49. The quantitative estimate of drug-likeness (QED) is 0.661. The van der Waals surface area contributed by atoms with E-state index in [0.29, 0.717) is 4.90 Å². The molecule has 3 aliphatic rings. The number of nitrogens with one attached hydrogen (secondary N) is 2. The highest BCUT2D eigenvalue weighted by Gasteiger charge is 2.35. The van der Waals surface area contributed by atoms with Crippen molar-refractivity contribution in [3.05, 3.63) is 29.3 Å². The zero-order valence-electron chi connectivity index (χ0n) is 15.3. The molecule has 9 nitrogen and oxygen atoms in total. The number of urea groups is 1.